The van der Waals surface area contributed by atoms with Crippen LogP contribution in [0.5, 0.6) is 0 Å². The minimum atomic E-state index is -0.907. The molecule has 0 aromatic heterocycles. The van der Waals surface area contributed by atoms with Gasteiger partial charge in [0.25, 0.3) is 5.91 Å². The summed E-state index contributed by atoms with van der Waals surface area (Å²) in [6.45, 7) is 0.553. The number of benzene rings is 1. The number of primary amides is 1. The molecule has 0 spiro atoms. The summed E-state index contributed by atoms with van der Waals surface area (Å²) in [4.78, 5) is 24.0. The lowest BCUT2D eigenvalue weighted by atomic mass is 10.1. The lowest BCUT2D eigenvalue weighted by Gasteiger charge is -2.24. The number of aliphatic carboxylic acids is 1. The Morgan fingerprint density at radius 1 is 1.33 bits per heavy atom. The third-order valence-electron chi connectivity index (χ3n) is 3.01. The van der Waals surface area contributed by atoms with Crippen LogP contribution < -0.4 is 10.6 Å². The summed E-state index contributed by atoms with van der Waals surface area (Å²) in [6, 6.07) is 6.87. The molecule has 1 aliphatic carbocycles. The molecule has 5 nitrogen and oxygen atoms in total. The molecule has 3 N–H and O–H groups in total. The topological polar surface area (TPSA) is 83.6 Å². The predicted molar refractivity (Wildman–Crippen MR) is 67.5 cm³/mol. The molecule has 0 unspecified atom stereocenters. The number of carboxylic acid groups (broad SMARTS) is 1. The summed E-state index contributed by atoms with van der Waals surface area (Å²) in [5.41, 5.74) is 6.30. The first-order chi connectivity index (χ1) is 8.58. The molecule has 0 bridgehead atoms. The zero-order valence-electron chi connectivity index (χ0n) is 10.0. The molecule has 96 valence electrons. The van der Waals surface area contributed by atoms with E-state index in [1.807, 2.05) is 0 Å². The van der Waals surface area contributed by atoms with Gasteiger partial charge in [0, 0.05) is 6.54 Å². The van der Waals surface area contributed by atoms with E-state index in [9.17, 15) is 9.59 Å². The smallest absolute Gasteiger partial charge is 0.323 e. The molecule has 1 aromatic carbocycles. The summed E-state index contributed by atoms with van der Waals surface area (Å²) in [6.07, 6.45) is 2.24. The van der Waals surface area contributed by atoms with Crippen LogP contribution in [-0.4, -0.2) is 30.1 Å². The number of nitrogens with zero attached hydrogens (tertiary/aromatic N) is 1. The second-order valence-electron chi connectivity index (χ2n) is 4.60. The highest BCUT2D eigenvalue weighted by molar-refractivity contribution is 5.99. The number of para-hydroxylation sites is 1. The number of hydrogen-bond donors (Lipinski definition) is 2. The zero-order valence-corrected chi connectivity index (χ0v) is 10.0. The lowest BCUT2D eigenvalue weighted by molar-refractivity contribution is -0.135. The SMILES string of the molecule is NC(=O)c1ccccc1N(CC(=O)O)CC1CC1. The number of carboxylic acids is 1. The van der Waals surface area contributed by atoms with Crippen LogP contribution in [0.25, 0.3) is 0 Å². The lowest BCUT2D eigenvalue weighted by Crippen LogP contribution is -2.33. The van der Waals surface area contributed by atoms with Crippen molar-refractivity contribution in [2.24, 2.45) is 11.7 Å². The Morgan fingerprint density at radius 2 is 2.00 bits per heavy atom. The van der Waals surface area contributed by atoms with E-state index < -0.39 is 11.9 Å². The Kier molecular flexibility index (Phi) is 3.50. The Labute approximate surface area is 105 Å². The minimum absolute atomic E-state index is 0.110. The standard InChI is InChI=1S/C13H16N2O3/c14-13(18)10-3-1-2-4-11(10)15(8-12(16)17)7-9-5-6-9/h1-4,9H,5-8H2,(H2,14,18)(H,16,17). The average molecular weight is 248 g/mol. The van der Waals surface area contributed by atoms with Gasteiger partial charge >= 0.3 is 5.97 Å². The fourth-order valence-electron chi connectivity index (χ4n) is 1.98. The predicted octanol–water partition coefficient (Wildman–Crippen LogP) is 1.09. The van der Waals surface area contributed by atoms with Crippen LogP contribution in [0.1, 0.15) is 23.2 Å². The van der Waals surface area contributed by atoms with Gasteiger partial charge in [-0.1, -0.05) is 12.1 Å². The molecule has 0 heterocycles. The Bertz CT molecular complexity index is 469. The van der Waals surface area contributed by atoms with Crippen LogP contribution >= 0.6 is 0 Å². The summed E-state index contributed by atoms with van der Waals surface area (Å²) in [5.74, 6) is -0.906. The quantitative estimate of drug-likeness (QED) is 0.789. The molecule has 5 heteroatoms. The molecule has 1 aliphatic rings. The number of anilines is 1. The van der Waals surface area contributed by atoms with Crippen LogP contribution in [0.2, 0.25) is 0 Å². The summed E-state index contributed by atoms with van der Waals surface area (Å²) in [7, 11) is 0. The van der Waals surface area contributed by atoms with Crippen LogP contribution in [0, 0.1) is 5.92 Å². The number of nitrogens with two attached hydrogens (primary N) is 1. The van der Waals surface area contributed by atoms with Gasteiger partial charge in [0.2, 0.25) is 0 Å². The molecule has 0 radical (unpaired) electrons. The van der Waals surface area contributed by atoms with Gasteiger partial charge in [-0.25, -0.2) is 0 Å². The third kappa shape index (κ3) is 3.00. The zero-order chi connectivity index (χ0) is 13.1. The fourth-order valence-corrected chi connectivity index (χ4v) is 1.98. The van der Waals surface area contributed by atoms with E-state index in [1.54, 1.807) is 29.2 Å². The maximum Gasteiger partial charge on any atom is 0.323 e. The largest absolute Gasteiger partial charge is 0.480 e. The van der Waals surface area contributed by atoms with E-state index in [1.165, 1.54) is 0 Å². The van der Waals surface area contributed by atoms with Crippen molar-refractivity contribution < 1.29 is 14.7 Å². The molecule has 1 fully saturated rings. The highest BCUT2D eigenvalue weighted by Gasteiger charge is 2.27. The fraction of sp³-hybridized carbons (Fsp3) is 0.385. The van der Waals surface area contributed by atoms with Gasteiger partial charge in [0.15, 0.2) is 0 Å². The van der Waals surface area contributed by atoms with Crippen molar-refractivity contribution in [3.8, 4) is 0 Å². The van der Waals surface area contributed by atoms with Crippen molar-refractivity contribution in [1.29, 1.82) is 0 Å². The molecule has 0 atom stereocenters. The highest BCUT2D eigenvalue weighted by Crippen LogP contribution is 2.32. The molecule has 1 aromatic rings. The Balaban J connectivity index is 2.27. The number of rotatable bonds is 6. The van der Waals surface area contributed by atoms with Crippen LogP contribution in [-0.2, 0) is 4.79 Å². The first-order valence-corrected chi connectivity index (χ1v) is 5.93. The van der Waals surface area contributed by atoms with Gasteiger partial charge in [-0.05, 0) is 30.9 Å². The van der Waals surface area contributed by atoms with Gasteiger partial charge < -0.3 is 15.7 Å². The van der Waals surface area contributed by atoms with E-state index in [0.717, 1.165) is 12.8 Å². The van der Waals surface area contributed by atoms with Crippen molar-refractivity contribution in [2.75, 3.05) is 18.0 Å². The van der Waals surface area contributed by atoms with E-state index in [4.69, 9.17) is 10.8 Å². The minimum Gasteiger partial charge on any atom is -0.480 e. The summed E-state index contributed by atoms with van der Waals surface area (Å²) < 4.78 is 0. The molecule has 18 heavy (non-hydrogen) atoms. The first kappa shape index (κ1) is 12.4. The molecule has 1 amide bonds. The second-order valence-corrected chi connectivity index (χ2v) is 4.60. The molecule has 1 saturated carbocycles. The number of amides is 1. The van der Waals surface area contributed by atoms with Gasteiger partial charge in [0.05, 0.1) is 11.3 Å². The average Bonchev–Trinajstić information content (AvgIpc) is 3.11. The monoisotopic (exact) mass is 248 g/mol. The van der Waals surface area contributed by atoms with Gasteiger partial charge in [0.1, 0.15) is 6.54 Å². The van der Waals surface area contributed by atoms with Crippen molar-refractivity contribution >= 4 is 17.6 Å². The summed E-state index contributed by atoms with van der Waals surface area (Å²) >= 11 is 0. The second kappa shape index (κ2) is 5.08. The van der Waals surface area contributed by atoms with Crippen LogP contribution in [0.4, 0.5) is 5.69 Å². The summed E-state index contributed by atoms with van der Waals surface area (Å²) in [5, 5.41) is 8.95. The number of carbonyl (C=O) groups is 2. The van der Waals surface area contributed by atoms with Gasteiger partial charge in [-0.15, -0.1) is 0 Å². The van der Waals surface area contributed by atoms with E-state index in [0.29, 0.717) is 23.7 Å². The normalized spacial score (nSPS) is 14.2. The van der Waals surface area contributed by atoms with Crippen molar-refractivity contribution in [2.45, 2.75) is 12.8 Å². The maximum absolute atomic E-state index is 11.4. The van der Waals surface area contributed by atoms with Crippen molar-refractivity contribution in [1.82, 2.24) is 0 Å². The molecular formula is C13H16N2O3. The van der Waals surface area contributed by atoms with Crippen LogP contribution in [0.3, 0.4) is 0 Å². The van der Waals surface area contributed by atoms with E-state index in [2.05, 4.69) is 0 Å². The van der Waals surface area contributed by atoms with Crippen LogP contribution in [0.15, 0.2) is 24.3 Å². The van der Waals surface area contributed by atoms with Gasteiger partial charge in [-0.2, -0.15) is 0 Å². The Morgan fingerprint density at radius 3 is 2.56 bits per heavy atom. The third-order valence-corrected chi connectivity index (χ3v) is 3.01. The number of hydrogen-bond acceptors (Lipinski definition) is 3. The van der Waals surface area contributed by atoms with E-state index in [-0.39, 0.29) is 6.54 Å². The highest BCUT2D eigenvalue weighted by atomic mass is 16.4. The van der Waals surface area contributed by atoms with Crippen molar-refractivity contribution in [3.63, 3.8) is 0 Å². The molecule has 0 saturated heterocycles. The number of carbonyl (C=O) groups excluding carboxylic acids is 1. The Hall–Kier alpha value is -2.04. The molecule has 2 rings (SSSR count). The molecular weight excluding hydrogens is 232 g/mol. The molecule has 0 aliphatic heterocycles. The van der Waals surface area contributed by atoms with E-state index >= 15 is 0 Å². The van der Waals surface area contributed by atoms with Gasteiger partial charge in [-0.3, -0.25) is 9.59 Å². The van der Waals surface area contributed by atoms with Crippen molar-refractivity contribution in [3.05, 3.63) is 29.8 Å². The first-order valence-electron chi connectivity index (χ1n) is 5.93. The maximum atomic E-state index is 11.4.